The van der Waals surface area contributed by atoms with Crippen molar-refractivity contribution < 1.29 is 9.50 Å². The maximum absolute atomic E-state index is 14.0. The zero-order valence-corrected chi connectivity index (χ0v) is 11.8. The predicted molar refractivity (Wildman–Crippen MR) is 77.2 cm³/mol. The Kier molecular flexibility index (Phi) is 4.40. The summed E-state index contributed by atoms with van der Waals surface area (Å²) in [6.07, 6.45) is 2.41. The molecule has 5 heteroatoms. The van der Waals surface area contributed by atoms with Gasteiger partial charge < -0.3 is 10.8 Å². The zero-order valence-electron chi connectivity index (χ0n) is 11.8. The minimum atomic E-state index is -0.605. The first kappa shape index (κ1) is 14.9. The second kappa shape index (κ2) is 5.89. The lowest BCUT2D eigenvalue weighted by Gasteiger charge is -2.22. The molecule has 1 atom stereocenters. The third kappa shape index (κ3) is 3.77. The third-order valence-electron chi connectivity index (χ3n) is 3.91. The number of aliphatic hydroxyl groups is 1. The number of benzene rings is 1. The Hall–Kier alpha value is -1.46. The highest BCUT2D eigenvalue weighted by Gasteiger charge is 2.25. The van der Waals surface area contributed by atoms with Gasteiger partial charge in [-0.2, -0.15) is 0 Å². The van der Waals surface area contributed by atoms with Gasteiger partial charge in [-0.15, -0.1) is 0 Å². The number of nitrogens with one attached hydrogen (secondary N) is 1. The molecule has 0 saturated carbocycles. The molecule has 4 N–H and O–H groups in total. The van der Waals surface area contributed by atoms with Crippen LogP contribution < -0.4 is 5.73 Å². The number of nitrogens with zero attached hydrogens (tertiary/aromatic N) is 1. The van der Waals surface area contributed by atoms with Gasteiger partial charge in [0.05, 0.1) is 5.60 Å². The van der Waals surface area contributed by atoms with Crippen molar-refractivity contribution in [3.63, 3.8) is 0 Å². The molecule has 20 heavy (non-hydrogen) atoms. The van der Waals surface area contributed by atoms with Crippen molar-refractivity contribution in [2.75, 3.05) is 13.1 Å². The van der Waals surface area contributed by atoms with Gasteiger partial charge in [-0.1, -0.05) is 12.1 Å². The van der Waals surface area contributed by atoms with Crippen LogP contribution in [0.2, 0.25) is 0 Å². The number of hydrogen-bond donors (Lipinski definition) is 3. The minimum absolute atomic E-state index is 0.124. The third-order valence-corrected chi connectivity index (χ3v) is 3.91. The molecule has 1 fully saturated rings. The van der Waals surface area contributed by atoms with Gasteiger partial charge in [-0.05, 0) is 38.8 Å². The highest BCUT2D eigenvalue weighted by atomic mass is 19.1. The number of halogens is 1. The van der Waals surface area contributed by atoms with E-state index in [-0.39, 0.29) is 11.7 Å². The first-order valence-corrected chi connectivity index (χ1v) is 6.95. The van der Waals surface area contributed by atoms with Crippen LogP contribution in [0.1, 0.15) is 37.3 Å². The molecule has 0 amide bonds. The summed E-state index contributed by atoms with van der Waals surface area (Å²) >= 11 is 0. The van der Waals surface area contributed by atoms with E-state index in [4.69, 9.17) is 11.1 Å². The first-order chi connectivity index (χ1) is 9.37. The zero-order chi connectivity index (χ0) is 14.8. The SMILES string of the molecule is CC1(O)CCCN(Cc2ccc(C(=N)N)cc2F)CC1. The van der Waals surface area contributed by atoms with Gasteiger partial charge in [0.2, 0.25) is 0 Å². The second-order valence-electron chi connectivity index (χ2n) is 5.85. The molecule has 0 spiro atoms. The van der Waals surface area contributed by atoms with Crippen LogP contribution in [-0.4, -0.2) is 34.5 Å². The summed E-state index contributed by atoms with van der Waals surface area (Å²) in [4.78, 5) is 2.16. The minimum Gasteiger partial charge on any atom is -0.390 e. The number of rotatable bonds is 3. The Labute approximate surface area is 118 Å². The average Bonchev–Trinajstić information content (AvgIpc) is 2.53. The van der Waals surface area contributed by atoms with Crippen LogP contribution in [0.4, 0.5) is 4.39 Å². The largest absolute Gasteiger partial charge is 0.390 e. The van der Waals surface area contributed by atoms with Crippen LogP contribution in [-0.2, 0) is 6.54 Å². The molecular weight excluding hydrogens is 257 g/mol. The number of likely N-dealkylation sites (tertiary alicyclic amines) is 1. The molecule has 1 aliphatic rings. The number of hydrogen-bond acceptors (Lipinski definition) is 3. The molecule has 0 aromatic heterocycles. The van der Waals surface area contributed by atoms with Gasteiger partial charge in [0.1, 0.15) is 11.7 Å². The van der Waals surface area contributed by atoms with Crippen LogP contribution in [0.15, 0.2) is 18.2 Å². The Morgan fingerprint density at radius 3 is 2.85 bits per heavy atom. The van der Waals surface area contributed by atoms with E-state index < -0.39 is 5.60 Å². The molecule has 4 nitrogen and oxygen atoms in total. The number of nitrogen functional groups attached to an aromatic ring is 1. The first-order valence-electron chi connectivity index (χ1n) is 6.95. The fourth-order valence-electron chi connectivity index (χ4n) is 2.56. The summed E-state index contributed by atoms with van der Waals surface area (Å²) in [6.45, 7) is 4.02. The van der Waals surface area contributed by atoms with Crippen LogP contribution in [0.25, 0.3) is 0 Å². The predicted octanol–water partition coefficient (Wildman–Crippen LogP) is 1.85. The van der Waals surface area contributed by atoms with Crippen LogP contribution >= 0.6 is 0 Å². The summed E-state index contributed by atoms with van der Waals surface area (Å²) in [6, 6.07) is 4.68. The lowest BCUT2D eigenvalue weighted by atomic mass is 9.98. The molecule has 1 aliphatic heterocycles. The van der Waals surface area contributed by atoms with Crippen LogP contribution in [0.5, 0.6) is 0 Å². The van der Waals surface area contributed by atoms with E-state index in [9.17, 15) is 9.50 Å². The van der Waals surface area contributed by atoms with Gasteiger partial charge in [0.25, 0.3) is 0 Å². The van der Waals surface area contributed by atoms with Crippen molar-refractivity contribution in [3.8, 4) is 0 Å². The van der Waals surface area contributed by atoms with E-state index in [1.165, 1.54) is 6.07 Å². The molecule has 1 heterocycles. The molecule has 110 valence electrons. The highest BCUT2D eigenvalue weighted by molar-refractivity contribution is 5.94. The quantitative estimate of drug-likeness (QED) is 0.584. The number of nitrogens with two attached hydrogens (primary N) is 1. The van der Waals surface area contributed by atoms with Crippen molar-refractivity contribution in [1.29, 1.82) is 5.41 Å². The van der Waals surface area contributed by atoms with Crippen molar-refractivity contribution in [1.82, 2.24) is 4.90 Å². The topological polar surface area (TPSA) is 73.3 Å². The highest BCUT2D eigenvalue weighted by Crippen LogP contribution is 2.23. The summed E-state index contributed by atoms with van der Waals surface area (Å²) < 4.78 is 14.0. The molecule has 2 rings (SSSR count). The Morgan fingerprint density at radius 1 is 1.45 bits per heavy atom. The maximum Gasteiger partial charge on any atom is 0.128 e. The second-order valence-corrected chi connectivity index (χ2v) is 5.85. The smallest absolute Gasteiger partial charge is 0.128 e. The molecule has 1 aromatic rings. The summed E-state index contributed by atoms with van der Waals surface area (Å²) in [5.41, 5.74) is 5.76. The molecule has 0 bridgehead atoms. The summed E-state index contributed by atoms with van der Waals surface area (Å²) in [5.74, 6) is -0.449. The monoisotopic (exact) mass is 279 g/mol. The van der Waals surface area contributed by atoms with Gasteiger partial charge in [-0.3, -0.25) is 10.3 Å². The average molecular weight is 279 g/mol. The van der Waals surface area contributed by atoms with E-state index >= 15 is 0 Å². The van der Waals surface area contributed by atoms with Gasteiger partial charge in [-0.25, -0.2) is 4.39 Å². The summed E-state index contributed by atoms with van der Waals surface area (Å²) in [5, 5.41) is 17.4. The number of amidine groups is 1. The van der Waals surface area contributed by atoms with Crippen molar-refractivity contribution in [3.05, 3.63) is 35.1 Å². The molecule has 0 radical (unpaired) electrons. The van der Waals surface area contributed by atoms with Crippen molar-refractivity contribution in [2.45, 2.75) is 38.3 Å². The molecule has 1 saturated heterocycles. The summed E-state index contributed by atoms with van der Waals surface area (Å²) in [7, 11) is 0. The van der Waals surface area contributed by atoms with E-state index in [0.29, 0.717) is 24.1 Å². The Morgan fingerprint density at radius 2 is 2.20 bits per heavy atom. The Balaban J connectivity index is 2.05. The standard InChI is InChI=1S/C15H22FN3O/c1-15(20)5-2-7-19(8-6-15)10-12-4-3-11(14(17)18)9-13(12)16/h3-4,9,20H,2,5-8,10H2,1H3,(H3,17,18). The maximum atomic E-state index is 14.0. The van der Waals surface area contributed by atoms with E-state index in [2.05, 4.69) is 4.90 Å². The Bertz CT molecular complexity index is 502. The van der Waals surface area contributed by atoms with Crippen LogP contribution in [0, 0.1) is 11.2 Å². The molecule has 1 aromatic carbocycles. The van der Waals surface area contributed by atoms with Crippen molar-refractivity contribution in [2.24, 2.45) is 5.73 Å². The van der Waals surface area contributed by atoms with E-state index in [0.717, 1.165) is 25.9 Å². The lowest BCUT2D eigenvalue weighted by molar-refractivity contribution is 0.0444. The van der Waals surface area contributed by atoms with Gasteiger partial charge in [0, 0.05) is 24.2 Å². The van der Waals surface area contributed by atoms with E-state index in [1.807, 2.05) is 6.92 Å². The molecule has 0 aliphatic carbocycles. The lowest BCUT2D eigenvalue weighted by Crippen LogP contribution is -2.28. The van der Waals surface area contributed by atoms with Gasteiger partial charge in [0.15, 0.2) is 0 Å². The normalized spacial score (nSPS) is 24.4. The van der Waals surface area contributed by atoms with Crippen molar-refractivity contribution >= 4 is 5.84 Å². The van der Waals surface area contributed by atoms with Crippen LogP contribution in [0.3, 0.4) is 0 Å². The molecular formula is C15H22FN3O. The fraction of sp³-hybridized carbons (Fsp3) is 0.533. The molecule has 1 unspecified atom stereocenters. The van der Waals surface area contributed by atoms with E-state index in [1.54, 1.807) is 12.1 Å². The van der Waals surface area contributed by atoms with Gasteiger partial charge >= 0.3 is 0 Å². The fourth-order valence-corrected chi connectivity index (χ4v) is 2.56.